The van der Waals surface area contributed by atoms with Crippen molar-refractivity contribution in [1.29, 1.82) is 0 Å². The summed E-state index contributed by atoms with van der Waals surface area (Å²) in [6.45, 7) is 7.63. The van der Waals surface area contributed by atoms with Crippen molar-refractivity contribution in [3.05, 3.63) is 60.8 Å². The van der Waals surface area contributed by atoms with Crippen LogP contribution < -0.4 is 0 Å². The van der Waals surface area contributed by atoms with E-state index >= 15 is 0 Å². The standard InChI is InChI=1S/C57H102O5/c1-4-7-10-13-16-19-21-23-25-27-29-30-32-34-36-39-41-44-47-50-56(58)61-54-55(62-57(59)51-48-45-42-38-18-15-12-9-6-3)53-60-52-49-46-43-40-37-35-33-31-28-26-24-22-20-17-14-11-8-5-2/h8,11,17,20,24,26,31,33,37,40,55H,4-7,9-10,12-16,18-19,21-23,25,27-30,32,34-36,38-39,41-54H2,1-3H3/b11-8-,20-17-,26-24-,33-31-,40-37-. The van der Waals surface area contributed by atoms with Gasteiger partial charge in [-0.05, 0) is 64.2 Å². The SMILES string of the molecule is CC/C=C\C/C=C\C/C=C\C/C=C\C/C=C\CCCCOCC(COC(=O)CCCCCCCCCCCCCCCCCCCCC)OC(=O)CCCCCCCCCCC. The summed E-state index contributed by atoms with van der Waals surface area (Å²) in [6.07, 6.45) is 66.8. The molecular weight excluding hydrogens is 765 g/mol. The van der Waals surface area contributed by atoms with Crippen LogP contribution >= 0.6 is 0 Å². The molecule has 0 saturated carbocycles. The first-order valence-corrected chi connectivity index (χ1v) is 26.8. The highest BCUT2D eigenvalue weighted by Gasteiger charge is 2.17. The van der Waals surface area contributed by atoms with Gasteiger partial charge in [-0.25, -0.2) is 0 Å². The molecule has 0 aromatic heterocycles. The lowest BCUT2D eigenvalue weighted by molar-refractivity contribution is -0.163. The van der Waals surface area contributed by atoms with E-state index in [1.807, 2.05) is 0 Å². The van der Waals surface area contributed by atoms with Gasteiger partial charge in [-0.15, -0.1) is 0 Å². The quantitative estimate of drug-likeness (QED) is 0.0346. The van der Waals surface area contributed by atoms with Crippen LogP contribution in [-0.4, -0.2) is 37.9 Å². The molecule has 0 rings (SSSR count). The fourth-order valence-electron chi connectivity index (χ4n) is 7.60. The van der Waals surface area contributed by atoms with E-state index in [9.17, 15) is 9.59 Å². The van der Waals surface area contributed by atoms with Crippen LogP contribution in [0.2, 0.25) is 0 Å². The van der Waals surface area contributed by atoms with Crippen LogP contribution in [0.4, 0.5) is 0 Å². The maximum Gasteiger partial charge on any atom is 0.306 e. The van der Waals surface area contributed by atoms with E-state index in [-0.39, 0.29) is 25.2 Å². The molecule has 360 valence electrons. The summed E-state index contributed by atoms with van der Waals surface area (Å²) in [5, 5.41) is 0. The van der Waals surface area contributed by atoms with Crippen LogP contribution in [0.3, 0.4) is 0 Å². The Bertz CT molecular complexity index is 1070. The van der Waals surface area contributed by atoms with Gasteiger partial charge in [0.25, 0.3) is 0 Å². The smallest absolute Gasteiger partial charge is 0.306 e. The molecule has 62 heavy (non-hydrogen) atoms. The molecule has 1 unspecified atom stereocenters. The fraction of sp³-hybridized carbons (Fsp3) is 0.789. The Morgan fingerprint density at radius 2 is 0.726 bits per heavy atom. The molecule has 0 heterocycles. The molecule has 5 nitrogen and oxygen atoms in total. The average molecular weight is 867 g/mol. The van der Waals surface area contributed by atoms with Crippen LogP contribution in [-0.2, 0) is 23.8 Å². The highest BCUT2D eigenvalue weighted by molar-refractivity contribution is 5.70. The Labute approximate surface area is 385 Å². The molecule has 0 saturated heterocycles. The van der Waals surface area contributed by atoms with E-state index in [0.717, 1.165) is 77.0 Å². The number of hydrogen-bond donors (Lipinski definition) is 0. The van der Waals surface area contributed by atoms with Crippen LogP contribution in [0.5, 0.6) is 0 Å². The zero-order valence-electron chi connectivity index (χ0n) is 41.4. The molecular formula is C57H102O5. The molecule has 0 spiro atoms. The zero-order valence-corrected chi connectivity index (χ0v) is 41.4. The minimum Gasteiger partial charge on any atom is -0.462 e. The summed E-state index contributed by atoms with van der Waals surface area (Å²) in [5.41, 5.74) is 0. The molecule has 0 aliphatic rings. The van der Waals surface area contributed by atoms with Gasteiger partial charge >= 0.3 is 11.9 Å². The second-order valence-electron chi connectivity index (χ2n) is 17.8. The highest BCUT2D eigenvalue weighted by Crippen LogP contribution is 2.16. The Morgan fingerprint density at radius 1 is 0.371 bits per heavy atom. The molecule has 1 atom stereocenters. The largest absolute Gasteiger partial charge is 0.462 e. The summed E-state index contributed by atoms with van der Waals surface area (Å²) >= 11 is 0. The molecule has 0 aromatic carbocycles. The molecule has 0 aliphatic carbocycles. The molecule has 0 aliphatic heterocycles. The first-order chi connectivity index (χ1) is 30.6. The molecule has 0 N–H and O–H groups in total. The maximum absolute atomic E-state index is 12.7. The molecule has 0 fully saturated rings. The summed E-state index contributed by atoms with van der Waals surface area (Å²) in [5.74, 6) is -0.413. The van der Waals surface area contributed by atoms with Gasteiger partial charge in [-0.1, -0.05) is 248 Å². The van der Waals surface area contributed by atoms with E-state index in [1.165, 1.54) is 154 Å². The van der Waals surface area contributed by atoms with Crippen molar-refractivity contribution in [1.82, 2.24) is 0 Å². The summed E-state index contributed by atoms with van der Waals surface area (Å²) in [6, 6.07) is 0. The number of allylic oxidation sites excluding steroid dienone is 10. The van der Waals surface area contributed by atoms with Crippen molar-refractivity contribution in [2.24, 2.45) is 0 Å². The van der Waals surface area contributed by atoms with Crippen molar-refractivity contribution >= 4 is 11.9 Å². The van der Waals surface area contributed by atoms with Crippen molar-refractivity contribution in [3.63, 3.8) is 0 Å². The second-order valence-corrected chi connectivity index (χ2v) is 17.8. The van der Waals surface area contributed by atoms with Crippen LogP contribution in [0.15, 0.2) is 60.8 Å². The number of rotatable bonds is 49. The number of carbonyl (C=O) groups excluding carboxylic acids is 2. The third kappa shape index (κ3) is 50.2. The second kappa shape index (κ2) is 52.9. The van der Waals surface area contributed by atoms with Gasteiger partial charge in [0.15, 0.2) is 6.10 Å². The van der Waals surface area contributed by atoms with E-state index in [1.54, 1.807) is 0 Å². The monoisotopic (exact) mass is 867 g/mol. The predicted octanol–water partition coefficient (Wildman–Crippen LogP) is 18.1. The Balaban J connectivity index is 4.21. The van der Waals surface area contributed by atoms with Crippen LogP contribution in [0.1, 0.15) is 265 Å². The third-order valence-corrected chi connectivity index (χ3v) is 11.6. The van der Waals surface area contributed by atoms with Crippen LogP contribution in [0.25, 0.3) is 0 Å². The first-order valence-electron chi connectivity index (χ1n) is 26.8. The van der Waals surface area contributed by atoms with Crippen molar-refractivity contribution < 1.29 is 23.8 Å². The predicted molar refractivity (Wildman–Crippen MR) is 270 cm³/mol. The van der Waals surface area contributed by atoms with Crippen molar-refractivity contribution in [2.45, 2.75) is 271 Å². The number of ether oxygens (including phenoxy) is 3. The highest BCUT2D eigenvalue weighted by atomic mass is 16.6. The summed E-state index contributed by atoms with van der Waals surface area (Å²) in [4.78, 5) is 25.3. The summed E-state index contributed by atoms with van der Waals surface area (Å²) in [7, 11) is 0. The van der Waals surface area contributed by atoms with E-state index < -0.39 is 6.10 Å². The van der Waals surface area contributed by atoms with Gasteiger partial charge in [0, 0.05) is 19.4 Å². The van der Waals surface area contributed by atoms with Gasteiger partial charge in [0.2, 0.25) is 0 Å². The molecule has 0 radical (unpaired) electrons. The van der Waals surface area contributed by atoms with E-state index in [4.69, 9.17) is 14.2 Å². The van der Waals surface area contributed by atoms with E-state index in [2.05, 4.69) is 81.5 Å². The lowest BCUT2D eigenvalue weighted by Crippen LogP contribution is -2.30. The van der Waals surface area contributed by atoms with Gasteiger partial charge in [0.1, 0.15) is 6.61 Å². The van der Waals surface area contributed by atoms with Crippen LogP contribution in [0, 0.1) is 0 Å². The van der Waals surface area contributed by atoms with Crippen molar-refractivity contribution in [2.75, 3.05) is 19.8 Å². The van der Waals surface area contributed by atoms with E-state index in [0.29, 0.717) is 19.4 Å². The lowest BCUT2D eigenvalue weighted by Gasteiger charge is -2.18. The van der Waals surface area contributed by atoms with Gasteiger partial charge < -0.3 is 14.2 Å². The number of hydrogen-bond acceptors (Lipinski definition) is 5. The zero-order chi connectivity index (χ0) is 44.9. The summed E-state index contributed by atoms with van der Waals surface area (Å²) < 4.78 is 17.3. The maximum atomic E-state index is 12.7. The minimum absolute atomic E-state index is 0.0709. The fourth-order valence-corrected chi connectivity index (χ4v) is 7.60. The molecule has 0 amide bonds. The molecule has 0 bridgehead atoms. The van der Waals surface area contributed by atoms with Gasteiger partial charge in [0.05, 0.1) is 6.61 Å². The third-order valence-electron chi connectivity index (χ3n) is 11.6. The van der Waals surface area contributed by atoms with Crippen molar-refractivity contribution in [3.8, 4) is 0 Å². The Morgan fingerprint density at radius 3 is 1.13 bits per heavy atom. The lowest BCUT2D eigenvalue weighted by atomic mass is 10.0. The normalized spacial score (nSPS) is 12.6. The first kappa shape index (κ1) is 59.6. The average Bonchev–Trinajstić information content (AvgIpc) is 3.27. The number of unbranched alkanes of at least 4 members (excludes halogenated alkanes) is 28. The van der Waals surface area contributed by atoms with Gasteiger partial charge in [-0.2, -0.15) is 0 Å². The molecule has 5 heteroatoms. The topological polar surface area (TPSA) is 61.8 Å². The Kier molecular flexibility index (Phi) is 50.9. The molecule has 0 aromatic rings. The minimum atomic E-state index is -0.555. The number of esters is 2. The Hall–Kier alpha value is -2.40. The number of carbonyl (C=O) groups is 2. The van der Waals surface area contributed by atoms with Gasteiger partial charge in [-0.3, -0.25) is 9.59 Å².